The van der Waals surface area contributed by atoms with Crippen LogP contribution in [-0.2, 0) is 28.6 Å². The molecule has 0 bridgehead atoms. The van der Waals surface area contributed by atoms with Crippen molar-refractivity contribution < 1.29 is 27.5 Å². The first-order chi connectivity index (χ1) is 13.4. The van der Waals surface area contributed by atoms with E-state index in [0.717, 1.165) is 5.56 Å². The van der Waals surface area contributed by atoms with Gasteiger partial charge in [-0.25, -0.2) is 4.39 Å². The third-order valence-electron chi connectivity index (χ3n) is 5.23. The highest BCUT2D eigenvalue weighted by atomic mass is 31.2. The average molecular weight is 404 g/mol. The molecular formula is C21H22FO5P. The second kappa shape index (κ2) is 8.00. The number of ether oxygens (including phenoxy) is 1. The fraction of sp³-hybridized carbons (Fsp3) is 0.286. The molecule has 0 N–H and O–H groups in total. The van der Waals surface area contributed by atoms with Gasteiger partial charge in [-0.1, -0.05) is 49.4 Å². The van der Waals surface area contributed by atoms with Gasteiger partial charge in [-0.2, -0.15) is 0 Å². The highest BCUT2D eigenvalue weighted by Crippen LogP contribution is 2.60. The fourth-order valence-electron chi connectivity index (χ4n) is 3.69. The van der Waals surface area contributed by atoms with Crippen LogP contribution >= 0.6 is 7.60 Å². The van der Waals surface area contributed by atoms with Crippen molar-refractivity contribution in [1.29, 1.82) is 0 Å². The Kier molecular flexibility index (Phi) is 5.84. The summed E-state index contributed by atoms with van der Waals surface area (Å²) in [6.45, 7) is 1.87. The Balaban J connectivity index is 2.26. The molecule has 0 fully saturated rings. The van der Waals surface area contributed by atoms with E-state index in [2.05, 4.69) is 0 Å². The molecule has 1 aliphatic heterocycles. The van der Waals surface area contributed by atoms with Crippen LogP contribution in [0.25, 0.3) is 0 Å². The van der Waals surface area contributed by atoms with Crippen molar-refractivity contribution in [3.05, 3.63) is 83.1 Å². The summed E-state index contributed by atoms with van der Waals surface area (Å²) >= 11 is 0. The zero-order chi connectivity index (χ0) is 20.4. The number of carbonyl (C=O) groups excluding carboxylic acids is 1. The van der Waals surface area contributed by atoms with Gasteiger partial charge < -0.3 is 13.8 Å². The standard InChI is InChI=1S/C21H22FO5P/c1-4-21(16-10-12-17(22)13-11-16)18(15-8-6-5-7-9-15)14-19(27-20(21)23)28(24,25-2)26-3/h5-14,18H,4H2,1-3H3/t18-,21-/m0/s1. The third kappa shape index (κ3) is 3.32. The van der Waals surface area contributed by atoms with Crippen LogP contribution in [0.3, 0.4) is 0 Å². The molecule has 2 aromatic rings. The summed E-state index contributed by atoms with van der Waals surface area (Å²) in [6, 6.07) is 15.2. The lowest BCUT2D eigenvalue weighted by Gasteiger charge is -2.41. The molecule has 28 heavy (non-hydrogen) atoms. The minimum Gasteiger partial charge on any atom is -0.417 e. The number of benzene rings is 2. The summed E-state index contributed by atoms with van der Waals surface area (Å²) in [5, 5.41) is 0. The van der Waals surface area contributed by atoms with E-state index in [1.807, 2.05) is 37.3 Å². The van der Waals surface area contributed by atoms with E-state index in [0.29, 0.717) is 12.0 Å². The molecule has 0 saturated heterocycles. The predicted molar refractivity (Wildman–Crippen MR) is 103 cm³/mol. The Morgan fingerprint density at radius 3 is 2.21 bits per heavy atom. The molecule has 1 aliphatic rings. The van der Waals surface area contributed by atoms with Crippen LogP contribution in [-0.4, -0.2) is 20.2 Å². The van der Waals surface area contributed by atoms with Gasteiger partial charge in [0.15, 0.2) is 0 Å². The quantitative estimate of drug-likeness (QED) is 0.493. The fourth-order valence-corrected chi connectivity index (χ4v) is 4.72. The summed E-state index contributed by atoms with van der Waals surface area (Å²) in [6.07, 6.45) is 2.02. The molecule has 5 nitrogen and oxygen atoms in total. The van der Waals surface area contributed by atoms with Gasteiger partial charge in [-0.15, -0.1) is 0 Å². The molecule has 0 aromatic heterocycles. The summed E-state index contributed by atoms with van der Waals surface area (Å²) in [5.74, 6) is -1.48. The molecular weight excluding hydrogens is 382 g/mol. The normalized spacial score (nSPS) is 22.5. The average Bonchev–Trinajstić information content (AvgIpc) is 2.74. The van der Waals surface area contributed by atoms with E-state index in [1.165, 1.54) is 26.4 Å². The van der Waals surface area contributed by atoms with Crippen LogP contribution in [0.15, 0.2) is 66.2 Å². The molecule has 7 heteroatoms. The number of esters is 1. The SMILES string of the molecule is CC[C@@]1(c2ccc(F)cc2)C(=O)OC(P(=O)(OC)OC)=C[C@H]1c1ccccc1. The maximum Gasteiger partial charge on any atom is 0.395 e. The maximum absolute atomic E-state index is 13.5. The molecule has 148 valence electrons. The zero-order valence-corrected chi connectivity index (χ0v) is 16.8. The lowest BCUT2D eigenvalue weighted by atomic mass is 9.65. The maximum atomic E-state index is 13.5. The highest BCUT2D eigenvalue weighted by Gasteiger charge is 2.52. The molecule has 0 unspecified atom stereocenters. The molecule has 2 atom stereocenters. The smallest absolute Gasteiger partial charge is 0.395 e. The largest absolute Gasteiger partial charge is 0.417 e. The van der Waals surface area contributed by atoms with E-state index in [1.54, 1.807) is 18.2 Å². The van der Waals surface area contributed by atoms with Crippen LogP contribution in [0.4, 0.5) is 4.39 Å². The zero-order valence-electron chi connectivity index (χ0n) is 15.9. The van der Waals surface area contributed by atoms with Crippen molar-refractivity contribution in [2.75, 3.05) is 14.2 Å². The summed E-state index contributed by atoms with van der Waals surface area (Å²) < 4.78 is 41.9. The minimum absolute atomic E-state index is 0.137. The van der Waals surface area contributed by atoms with Gasteiger partial charge in [0, 0.05) is 20.1 Å². The molecule has 3 rings (SSSR count). The first-order valence-electron chi connectivity index (χ1n) is 8.88. The number of allylic oxidation sites excluding steroid dienone is 1. The summed E-state index contributed by atoms with van der Waals surface area (Å²) in [4.78, 5) is 13.3. The van der Waals surface area contributed by atoms with Crippen molar-refractivity contribution in [2.24, 2.45) is 0 Å². The van der Waals surface area contributed by atoms with Crippen LogP contribution in [0.5, 0.6) is 0 Å². The van der Waals surface area contributed by atoms with Gasteiger partial charge in [0.1, 0.15) is 11.2 Å². The number of cyclic esters (lactones) is 1. The van der Waals surface area contributed by atoms with Gasteiger partial charge in [-0.05, 0) is 35.8 Å². The Morgan fingerprint density at radius 1 is 1.07 bits per heavy atom. The van der Waals surface area contributed by atoms with E-state index in [-0.39, 0.29) is 5.50 Å². The molecule has 2 aromatic carbocycles. The van der Waals surface area contributed by atoms with Crippen LogP contribution in [0.1, 0.15) is 30.4 Å². The van der Waals surface area contributed by atoms with Crippen LogP contribution < -0.4 is 0 Å². The van der Waals surface area contributed by atoms with E-state index >= 15 is 0 Å². The van der Waals surface area contributed by atoms with Crippen LogP contribution in [0.2, 0.25) is 0 Å². The van der Waals surface area contributed by atoms with Crippen molar-refractivity contribution in [3.8, 4) is 0 Å². The Labute approximate surface area is 163 Å². The molecule has 0 aliphatic carbocycles. The Hall–Kier alpha value is -2.27. The van der Waals surface area contributed by atoms with E-state index in [4.69, 9.17) is 13.8 Å². The van der Waals surface area contributed by atoms with Crippen molar-refractivity contribution >= 4 is 13.6 Å². The van der Waals surface area contributed by atoms with Crippen molar-refractivity contribution in [3.63, 3.8) is 0 Å². The predicted octanol–water partition coefficient (Wildman–Crippen LogP) is 5.14. The first-order valence-corrected chi connectivity index (χ1v) is 10.4. The minimum atomic E-state index is -3.76. The van der Waals surface area contributed by atoms with Crippen molar-refractivity contribution in [2.45, 2.75) is 24.7 Å². The number of carbonyl (C=O) groups is 1. The second-order valence-corrected chi connectivity index (χ2v) is 8.64. The second-order valence-electron chi connectivity index (χ2n) is 6.48. The Morgan fingerprint density at radius 2 is 1.68 bits per heavy atom. The molecule has 0 saturated carbocycles. The van der Waals surface area contributed by atoms with Crippen molar-refractivity contribution in [1.82, 2.24) is 0 Å². The summed E-state index contributed by atoms with van der Waals surface area (Å²) in [5.41, 5.74) is 0.213. The molecule has 1 heterocycles. The van der Waals surface area contributed by atoms with Gasteiger partial charge in [0.2, 0.25) is 5.50 Å². The van der Waals surface area contributed by atoms with Gasteiger partial charge in [-0.3, -0.25) is 9.36 Å². The topological polar surface area (TPSA) is 61.8 Å². The Bertz CT molecular complexity index is 918. The van der Waals surface area contributed by atoms with Gasteiger partial charge >= 0.3 is 13.6 Å². The summed E-state index contributed by atoms with van der Waals surface area (Å²) in [7, 11) is -1.29. The lowest BCUT2D eigenvalue weighted by molar-refractivity contribution is -0.148. The highest BCUT2D eigenvalue weighted by molar-refractivity contribution is 7.58. The lowest BCUT2D eigenvalue weighted by Crippen LogP contribution is -2.44. The van der Waals surface area contributed by atoms with E-state index < -0.39 is 30.7 Å². The third-order valence-corrected chi connectivity index (χ3v) is 6.97. The number of hydrogen-bond acceptors (Lipinski definition) is 5. The van der Waals surface area contributed by atoms with Gasteiger partial charge in [0.25, 0.3) is 0 Å². The van der Waals surface area contributed by atoms with Gasteiger partial charge in [0.05, 0.1) is 0 Å². The number of halogens is 1. The molecule has 0 spiro atoms. The molecule has 0 amide bonds. The van der Waals surface area contributed by atoms with E-state index in [9.17, 15) is 13.8 Å². The number of hydrogen-bond donors (Lipinski definition) is 0. The first kappa shape index (κ1) is 20.5. The monoisotopic (exact) mass is 404 g/mol. The number of rotatable bonds is 6. The van der Waals surface area contributed by atoms with Crippen LogP contribution in [0, 0.1) is 5.82 Å². The molecule has 0 radical (unpaired) electrons.